The number of aromatic nitrogens is 1. The van der Waals surface area contributed by atoms with Crippen LogP contribution in [0.5, 0.6) is 0 Å². The summed E-state index contributed by atoms with van der Waals surface area (Å²) in [5.41, 5.74) is 11.9. The molecule has 184 valence electrons. The van der Waals surface area contributed by atoms with Gasteiger partial charge in [0.2, 0.25) is 5.91 Å². The smallest absolute Gasteiger partial charge is 0.270 e. The maximum Gasteiger partial charge on any atom is 0.270 e. The molecule has 2 aromatic heterocycles. The summed E-state index contributed by atoms with van der Waals surface area (Å²) in [4.78, 5) is 41.5. The van der Waals surface area contributed by atoms with Crippen molar-refractivity contribution in [3.8, 4) is 0 Å². The number of nitrogen functional groups attached to an aromatic ring is 1. The van der Waals surface area contributed by atoms with Crippen LogP contribution in [-0.2, 0) is 11.3 Å². The molecular formula is C24H26ClN5O3S2. The lowest BCUT2D eigenvalue weighted by Crippen LogP contribution is -2.46. The zero-order valence-electron chi connectivity index (χ0n) is 18.9. The first-order valence-electron chi connectivity index (χ1n) is 11.3. The van der Waals surface area contributed by atoms with Gasteiger partial charge in [-0.2, -0.15) is 4.37 Å². The van der Waals surface area contributed by atoms with E-state index < -0.39 is 17.9 Å². The Labute approximate surface area is 216 Å². The van der Waals surface area contributed by atoms with E-state index in [4.69, 9.17) is 23.1 Å². The van der Waals surface area contributed by atoms with Crippen molar-refractivity contribution in [3.05, 3.63) is 67.8 Å². The van der Waals surface area contributed by atoms with Crippen LogP contribution in [0.4, 0.5) is 5.69 Å². The average molecular weight is 532 g/mol. The van der Waals surface area contributed by atoms with E-state index >= 15 is 0 Å². The van der Waals surface area contributed by atoms with Crippen molar-refractivity contribution >= 4 is 57.9 Å². The van der Waals surface area contributed by atoms with Gasteiger partial charge >= 0.3 is 0 Å². The van der Waals surface area contributed by atoms with Crippen molar-refractivity contribution in [2.24, 2.45) is 5.73 Å². The summed E-state index contributed by atoms with van der Waals surface area (Å²) < 4.78 is 3.97. The van der Waals surface area contributed by atoms with Crippen molar-refractivity contribution in [1.82, 2.24) is 14.6 Å². The van der Waals surface area contributed by atoms with Crippen LogP contribution in [0.1, 0.15) is 68.7 Å². The van der Waals surface area contributed by atoms with Crippen LogP contribution in [0.2, 0.25) is 5.02 Å². The molecule has 1 atom stereocenters. The minimum Gasteiger partial charge on any atom is -0.395 e. The molecule has 0 radical (unpaired) electrons. The number of nitrogens with two attached hydrogens (primary N) is 2. The van der Waals surface area contributed by atoms with Crippen molar-refractivity contribution in [3.63, 3.8) is 0 Å². The third-order valence-corrected chi connectivity index (χ3v) is 8.18. The Hall–Kier alpha value is -2.95. The SMILES string of the molecule is NC(=O)c1nsc(C(=O)N(Cc2ccccc2Cl)C(C(=O)NC2CCCCC2)c2cccs2)c1N. The summed E-state index contributed by atoms with van der Waals surface area (Å²) in [5, 5.41) is 5.49. The van der Waals surface area contributed by atoms with Crippen LogP contribution in [0.3, 0.4) is 0 Å². The Kier molecular flexibility index (Phi) is 8.04. The Balaban J connectivity index is 1.75. The number of primary amides is 1. The molecular weight excluding hydrogens is 506 g/mol. The van der Waals surface area contributed by atoms with E-state index in [0.717, 1.165) is 43.6 Å². The van der Waals surface area contributed by atoms with Gasteiger partial charge in [-0.1, -0.05) is 55.1 Å². The molecule has 11 heteroatoms. The van der Waals surface area contributed by atoms with Gasteiger partial charge in [0.25, 0.3) is 11.8 Å². The van der Waals surface area contributed by atoms with Crippen molar-refractivity contribution in [1.29, 1.82) is 0 Å². The summed E-state index contributed by atoms with van der Waals surface area (Å²) in [5.74, 6) is -1.61. The molecule has 0 aliphatic heterocycles. The molecule has 2 heterocycles. The van der Waals surface area contributed by atoms with Gasteiger partial charge in [0.1, 0.15) is 10.9 Å². The van der Waals surface area contributed by atoms with E-state index in [1.807, 2.05) is 23.6 Å². The minimum atomic E-state index is -0.917. The fourth-order valence-corrected chi connectivity index (χ4v) is 6.04. The van der Waals surface area contributed by atoms with Gasteiger partial charge in [-0.05, 0) is 47.5 Å². The molecule has 1 aliphatic rings. The number of nitrogens with one attached hydrogen (secondary N) is 1. The second-order valence-corrected chi connectivity index (χ2v) is 10.6. The molecule has 1 unspecified atom stereocenters. The highest BCUT2D eigenvalue weighted by Crippen LogP contribution is 2.33. The molecule has 0 saturated heterocycles. The molecule has 1 aliphatic carbocycles. The minimum absolute atomic E-state index is 0.0536. The number of hydrogen-bond donors (Lipinski definition) is 3. The Morgan fingerprint density at radius 1 is 1.14 bits per heavy atom. The van der Waals surface area contributed by atoms with E-state index in [0.29, 0.717) is 15.5 Å². The van der Waals surface area contributed by atoms with Crippen LogP contribution >= 0.6 is 34.5 Å². The number of carbonyl (C=O) groups excluding carboxylic acids is 3. The monoisotopic (exact) mass is 531 g/mol. The number of carbonyl (C=O) groups is 3. The maximum absolute atomic E-state index is 13.9. The Morgan fingerprint density at radius 2 is 1.89 bits per heavy atom. The highest BCUT2D eigenvalue weighted by Gasteiger charge is 2.36. The van der Waals surface area contributed by atoms with Crippen LogP contribution in [0.25, 0.3) is 0 Å². The number of amides is 3. The number of benzene rings is 1. The molecule has 5 N–H and O–H groups in total. The number of hydrogen-bond acceptors (Lipinski definition) is 7. The standard InChI is InChI=1S/C24H26ClN5O3S2/c25-16-10-5-4-7-14(16)13-30(24(33)21-18(26)19(22(27)31)29-35-21)20(17-11-6-12-34-17)23(32)28-15-8-2-1-3-9-15/h4-7,10-12,15,20H,1-3,8-9,13,26H2,(H2,27,31)(H,28,32). The first-order chi connectivity index (χ1) is 16.9. The summed E-state index contributed by atoms with van der Waals surface area (Å²) in [6.07, 6.45) is 5.09. The van der Waals surface area contributed by atoms with Gasteiger partial charge in [0.15, 0.2) is 5.69 Å². The number of anilines is 1. The van der Waals surface area contributed by atoms with E-state index in [1.165, 1.54) is 16.2 Å². The normalized spacial score (nSPS) is 14.9. The third kappa shape index (κ3) is 5.66. The number of halogens is 1. The lowest BCUT2D eigenvalue weighted by Gasteiger charge is -2.32. The van der Waals surface area contributed by atoms with Crippen LogP contribution in [0, 0.1) is 0 Å². The summed E-state index contributed by atoms with van der Waals surface area (Å²) in [7, 11) is 0. The van der Waals surface area contributed by atoms with Crippen LogP contribution < -0.4 is 16.8 Å². The second kappa shape index (κ2) is 11.2. The predicted molar refractivity (Wildman–Crippen MR) is 138 cm³/mol. The van der Waals surface area contributed by atoms with E-state index in [-0.39, 0.29) is 34.8 Å². The molecule has 4 rings (SSSR count). The quantitative estimate of drug-likeness (QED) is 0.397. The van der Waals surface area contributed by atoms with Gasteiger partial charge < -0.3 is 21.7 Å². The fraction of sp³-hybridized carbons (Fsp3) is 0.333. The zero-order chi connectivity index (χ0) is 24.9. The zero-order valence-corrected chi connectivity index (χ0v) is 21.3. The average Bonchev–Trinajstić information content (AvgIpc) is 3.50. The molecule has 1 fully saturated rings. The summed E-state index contributed by atoms with van der Waals surface area (Å²) >= 11 is 8.60. The fourth-order valence-electron chi connectivity index (χ4n) is 4.25. The van der Waals surface area contributed by atoms with Gasteiger partial charge in [-0.15, -0.1) is 11.3 Å². The Morgan fingerprint density at radius 3 is 2.51 bits per heavy atom. The molecule has 3 aromatic rings. The number of thiophene rings is 1. The molecule has 0 spiro atoms. The second-order valence-electron chi connectivity index (χ2n) is 8.42. The highest BCUT2D eigenvalue weighted by atomic mass is 35.5. The molecule has 8 nitrogen and oxygen atoms in total. The van der Waals surface area contributed by atoms with Crippen molar-refractivity contribution in [2.45, 2.75) is 50.7 Å². The molecule has 3 amide bonds. The first kappa shape index (κ1) is 25.2. The van der Waals surface area contributed by atoms with Gasteiger partial charge in [-0.3, -0.25) is 14.4 Å². The summed E-state index contributed by atoms with van der Waals surface area (Å²) in [6, 6.07) is 9.96. The maximum atomic E-state index is 13.9. The van der Waals surface area contributed by atoms with E-state index in [1.54, 1.807) is 18.2 Å². The van der Waals surface area contributed by atoms with E-state index in [2.05, 4.69) is 9.69 Å². The largest absolute Gasteiger partial charge is 0.395 e. The van der Waals surface area contributed by atoms with Gasteiger partial charge in [-0.25, -0.2) is 0 Å². The van der Waals surface area contributed by atoms with Crippen LogP contribution in [0.15, 0.2) is 41.8 Å². The van der Waals surface area contributed by atoms with Crippen LogP contribution in [-0.4, -0.2) is 33.0 Å². The summed E-state index contributed by atoms with van der Waals surface area (Å²) in [6.45, 7) is 0.0579. The topological polar surface area (TPSA) is 131 Å². The van der Waals surface area contributed by atoms with Crippen molar-refractivity contribution in [2.75, 3.05) is 5.73 Å². The lowest BCUT2D eigenvalue weighted by molar-refractivity contribution is -0.127. The third-order valence-electron chi connectivity index (χ3n) is 6.04. The highest BCUT2D eigenvalue weighted by molar-refractivity contribution is 7.10. The Bertz CT molecular complexity index is 1210. The molecule has 1 saturated carbocycles. The first-order valence-corrected chi connectivity index (χ1v) is 13.3. The molecule has 35 heavy (non-hydrogen) atoms. The van der Waals surface area contributed by atoms with Gasteiger partial charge in [0.05, 0.1) is 5.69 Å². The van der Waals surface area contributed by atoms with Crippen molar-refractivity contribution < 1.29 is 14.4 Å². The lowest BCUT2D eigenvalue weighted by atomic mass is 9.95. The van der Waals surface area contributed by atoms with Gasteiger partial charge in [0, 0.05) is 22.5 Å². The molecule has 1 aromatic carbocycles. The molecule has 0 bridgehead atoms. The predicted octanol–water partition coefficient (Wildman–Crippen LogP) is 4.37. The number of rotatable bonds is 8. The number of nitrogens with zero attached hydrogens (tertiary/aromatic N) is 2. The van der Waals surface area contributed by atoms with E-state index in [9.17, 15) is 14.4 Å².